The van der Waals surface area contributed by atoms with Crippen molar-refractivity contribution >= 4 is 0 Å². The molecule has 4 nitrogen and oxygen atoms in total. The van der Waals surface area contributed by atoms with Gasteiger partial charge >= 0.3 is 5.69 Å². The molecule has 5 radical (unpaired) electrons. The van der Waals surface area contributed by atoms with Gasteiger partial charge in [0.25, 0.3) is 5.56 Å². The van der Waals surface area contributed by atoms with Crippen LogP contribution in [0.5, 0.6) is 0 Å². The molecule has 0 saturated heterocycles. The highest BCUT2D eigenvalue weighted by Crippen LogP contribution is 2.27. The van der Waals surface area contributed by atoms with Crippen molar-refractivity contribution in [1.29, 1.82) is 0 Å². The second-order valence-electron chi connectivity index (χ2n) is 4.05. The molecule has 2 rings (SSSR count). The summed E-state index contributed by atoms with van der Waals surface area (Å²) in [5, 5.41) is 0. The second-order valence-corrected chi connectivity index (χ2v) is 4.05. The predicted octanol–water partition coefficient (Wildman–Crippen LogP) is 1.11. The summed E-state index contributed by atoms with van der Waals surface area (Å²) in [5.41, 5.74) is -0.672. The van der Waals surface area contributed by atoms with E-state index in [9.17, 15) is 9.59 Å². The number of nitrogens with one attached hydrogen (secondary N) is 1. The van der Waals surface area contributed by atoms with E-state index in [2.05, 4.69) is 17.8 Å². The number of nitrogens with zero attached hydrogens (tertiary/aromatic N) is 1. The lowest BCUT2D eigenvalue weighted by molar-refractivity contribution is 0.573. The van der Waals surface area contributed by atoms with E-state index in [0.717, 1.165) is 19.3 Å². The summed E-state index contributed by atoms with van der Waals surface area (Å²) in [6.07, 6.45) is 12.8. The van der Waals surface area contributed by atoms with Crippen LogP contribution in [0, 0.1) is 31.6 Å². The van der Waals surface area contributed by atoms with E-state index in [1.165, 1.54) is 16.6 Å². The molecule has 0 aliphatic heterocycles. The number of unbranched alkanes of at least 4 members (excludes halogenated alkanes) is 1. The Kier molecular flexibility index (Phi) is 4.18. The zero-order valence-electron chi connectivity index (χ0n) is 9.56. The molecule has 0 spiro atoms. The van der Waals surface area contributed by atoms with Gasteiger partial charge in [-0.25, -0.2) is 4.79 Å². The highest BCUT2D eigenvalue weighted by atomic mass is 16.2. The van der Waals surface area contributed by atoms with Crippen LogP contribution in [0.4, 0.5) is 0 Å². The molecule has 0 aromatic carbocycles. The van der Waals surface area contributed by atoms with Crippen LogP contribution in [0.3, 0.4) is 0 Å². The van der Waals surface area contributed by atoms with Gasteiger partial charge in [0.15, 0.2) is 0 Å². The monoisotopic (exact) mass is 231 g/mol. The molecule has 0 unspecified atom stereocenters. The molecule has 1 fully saturated rings. The van der Waals surface area contributed by atoms with Crippen LogP contribution < -0.4 is 11.2 Å². The van der Waals surface area contributed by atoms with Crippen LogP contribution in [0.25, 0.3) is 0 Å². The van der Waals surface area contributed by atoms with Crippen LogP contribution in [0.1, 0.15) is 19.3 Å². The van der Waals surface area contributed by atoms with Crippen molar-refractivity contribution in [3.63, 3.8) is 0 Å². The lowest BCUT2D eigenvalue weighted by Crippen LogP contribution is -2.28. The molecule has 4 heteroatoms. The third kappa shape index (κ3) is 3.58. The summed E-state index contributed by atoms with van der Waals surface area (Å²) in [6, 6.07) is 1.37. The normalized spacial score (nSPS) is 16.5. The molecule has 0 atom stereocenters. The number of rotatable bonds is 5. The van der Waals surface area contributed by atoms with E-state index in [0.29, 0.717) is 6.54 Å². The highest BCUT2D eigenvalue weighted by Gasteiger charge is 2.15. The molecule has 89 valence electrons. The lowest BCUT2D eigenvalue weighted by Gasteiger charge is -2.07. The summed E-state index contributed by atoms with van der Waals surface area (Å²) in [7, 11) is 0. The van der Waals surface area contributed by atoms with Gasteiger partial charge < -0.3 is 4.57 Å². The quantitative estimate of drug-likeness (QED) is 0.772. The lowest BCUT2D eigenvalue weighted by atomic mass is 10.0. The first-order valence-electron chi connectivity index (χ1n) is 5.76. The van der Waals surface area contributed by atoms with Gasteiger partial charge in [-0.1, -0.05) is 6.42 Å². The first kappa shape index (κ1) is 12.1. The van der Waals surface area contributed by atoms with Crippen molar-refractivity contribution in [3.8, 4) is 0 Å². The maximum Gasteiger partial charge on any atom is 0.328 e. The van der Waals surface area contributed by atoms with Crippen molar-refractivity contribution < 1.29 is 0 Å². The van der Waals surface area contributed by atoms with Crippen LogP contribution in [0.15, 0.2) is 21.9 Å². The van der Waals surface area contributed by atoms with E-state index in [1.54, 1.807) is 6.20 Å². The summed E-state index contributed by atoms with van der Waals surface area (Å²) < 4.78 is 1.53. The molecule has 1 aliphatic carbocycles. The minimum Gasteiger partial charge on any atom is -0.301 e. The van der Waals surface area contributed by atoms with Crippen molar-refractivity contribution in [2.24, 2.45) is 0 Å². The number of aromatic amines is 1. The Balaban J connectivity index is 1.74. The number of aryl methyl sites for hydroxylation is 1. The third-order valence-corrected chi connectivity index (χ3v) is 2.74. The van der Waals surface area contributed by atoms with Gasteiger partial charge in [-0.3, -0.25) is 9.78 Å². The Morgan fingerprint density at radius 1 is 1.12 bits per heavy atom. The largest absolute Gasteiger partial charge is 0.328 e. The maximum absolute atomic E-state index is 11.4. The maximum atomic E-state index is 11.4. The predicted molar refractivity (Wildman–Crippen MR) is 65.6 cm³/mol. The van der Waals surface area contributed by atoms with E-state index in [-0.39, 0.29) is 11.2 Å². The molecule has 1 saturated carbocycles. The fourth-order valence-corrected chi connectivity index (χ4v) is 1.81. The number of hydrogen-bond acceptors (Lipinski definition) is 2. The number of hydrogen-bond donors (Lipinski definition) is 1. The Hall–Kier alpha value is -1.32. The molecule has 1 aromatic rings. The van der Waals surface area contributed by atoms with E-state index >= 15 is 0 Å². The molecule has 1 aromatic heterocycles. The van der Waals surface area contributed by atoms with Gasteiger partial charge in [-0.2, -0.15) is 0 Å². The Bertz CT molecular complexity index is 455. The SMILES string of the molecule is O=c1ccn(CCCC[C]2[CH][CH][CH][CH]2)c(=O)[nH]1. The van der Waals surface area contributed by atoms with Gasteiger partial charge in [0.2, 0.25) is 0 Å². The molecular weight excluding hydrogens is 216 g/mol. The molecule has 1 heterocycles. The summed E-state index contributed by atoms with van der Waals surface area (Å²) in [5.74, 6) is 1.33. The zero-order chi connectivity index (χ0) is 12.1. The zero-order valence-corrected chi connectivity index (χ0v) is 9.56. The minimum atomic E-state index is -0.344. The van der Waals surface area contributed by atoms with Crippen molar-refractivity contribution in [1.82, 2.24) is 9.55 Å². The fraction of sp³-hybridized carbons (Fsp3) is 0.308. The molecule has 0 amide bonds. The Labute approximate surface area is 101 Å². The van der Waals surface area contributed by atoms with E-state index in [1.807, 2.05) is 12.8 Å². The minimum absolute atomic E-state index is 0.328. The first-order valence-corrected chi connectivity index (χ1v) is 5.76. The average Bonchev–Trinajstić information content (AvgIpc) is 2.79. The second kappa shape index (κ2) is 5.84. The smallest absolute Gasteiger partial charge is 0.301 e. The standard InChI is InChI=1S/C13H15N2O2/c16-12-8-10-15(13(17)14-12)9-4-3-7-11-5-1-2-6-11/h1-2,5-6,8,10H,3-4,7,9H2,(H,14,16,17). The van der Waals surface area contributed by atoms with Crippen LogP contribution >= 0.6 is 0 Å². The van der Waals surface area contributed by atoms with Gasteiger partial charge in [0.1, 0.15) is 0 Å². The Morgan fingerprint density at radius 2 is 1.88 bits per heavy atom. The molecule has 1 N–H and O–H groups in total. The molecule has 1 aliphatic rings. The van der Waals surface area contributed by atoms with E-state index < -0.39 is 0 Å². The summed E-state index contributed by atoms with van der Waals surface area (Å²) in [6.45, 7) is 0.649. The van der Waals surface area contributed by atoms with Crippen LogP contribution in [-0.4, -0.2) is 9.55 Å². The van der Waals surface area contributed by atoms with Gasteiger partial charge in [0, 0.05) is 18.8 Å². The first-order chi connectivity index (χ1) is 8.25. The molecular formula is C13H15N2O2. The fourth-order valence-electron chi connectivity index (χ4n) is 1.81. The van der Waals surface area contributed by atoms with E-state index in [4.69, 9.17) is 0 Å². The summed E-state index contributed by atoms with van der Waals surface area (Å²) in [4.78, 5) is 24.5. The molecule has 17 heavy (non-hydrogen) atoms. The Morgan fingerprint density at radius 3 is 2.59 bits per heavy atom. The van der Waals surface area contributed by atoms with Gasteiger partial charge in [-0.05, 0) is 44.4 Å². The average molecular weight is 231 g/mol. The van der Waals surface area contributed by atoms with Crippen LogP contribution in [-0.2, 0) is 6.54 Å². The third-order valence-electron chi connectivity index (χ3n) is 2.74. The van der Waals surface area contributed by atoms with Gasteiger partial charge in [0.05, 0.1) is 0 Å². The molecule has 0 bridgehead atoms. The van der Waals surface area contributed by atoms with Crippen molar-refractivity contribution in [2.45, 2.75) is 25.8 Å². The van der Waals surface area contributed by atoms with Gasteiger partial charge in [-0.15, -0.1) is 0 Å². The number of H-pyrrole nitrogens is 1. The highest BCUT2D eigenvalue weighted by molar-refractivity contribution is 5.34. The van der Waals surface area contributed by atoms with Crippen LogP contribution in [0.2, 0.25) is 0 Å². The van der Waals surface area contributed by atoms with Crippen molar-refractivity contribution in [2.75, 3.05) is 0 Å². The number of aromatic nitrogens is 2. The van der Waals surface area contributed by atoms with Crippen molar-refractivity contribution in [3.05, 3.63) is 64.7 Å². The summed E-state index contributed by atoms with van der Waals surface area (Å²) >= 11 is 0. The topological polar surface area (TPSA) is 54.9 Å².